The van der Waals surface area contributed by atoms with Crippen molar-refractivity contribution in [1.82, 2.24) is 15.0 Å². The van der Waals surface area contributed by atoms with Crippen LogP contribution in [0.4, 0.5) is 16.0 Å². The Balaban J connectivity index is 1.50. The molecule has 29 heavy (non-hydrogen) atoms. The second-order valence-corrected chi connectivity index (χ2v) is 7.73. The third-order valence-corrected chi connectivity index (χ3v) is 5.42. The molecule has 1 saturated carbocycles. The fraction of sp³-hybridized carbons (Fsp3) is 0.318. The van der Waals surface area contributed by atoms with E-state index in [2.05, 4.69) is 25.6 Å². The molecule has 0 radical (unpaired) electrons. The lowest BCUT2D eigenvalue weighted by molar-refractivity contribution is 0.462. The van der Waals surface area contributed by atoms with Gasteiger partial charge in [0, 0.05) is 36.7 Å². The van der Waals surface area contributed by atoms with Gasteiger partial charge in [-0.2, -0.15) is 0 Å². The fourth-order valence-corrected chi connectivity index (χ4v) is 3.85. The number of aromatic nitrogens is 3. The van der Waals surface area contributed by atoms with Crippen LogP contribution < -0.4 is 10.6 Å². The van der Waals surface area contributed by atoms with E-state index in [-0.39, 0.29) is 5.82 Å². The minimum absolute atomic E-state index is 0.354. The van der Waals surface area contributed by atoms with E-state index in [1.54, 1.807) is 18.6 Å². The topological polar surface area (TPSA) is 62.7 Å². The van der Waals surface area contributed by atoms with Crippen molar-refractivity contribution in [2.45, 2.75) is 44.7 Å². The van der Waals surface area contributed by atoms with Crippen LogP contribution in [0.5, 0.6) is 0 Å². The van der Waals surface area contributed by atoms with Gasteiger partial charge in [-0.3, -0.25) is 4.98 Å². The number of rotatable bonds is 6. The first kappa shape index (κ1) is 19.6. The summed E-state index contributed by atoms with van der Waals surface area (Å²) in [5.74, 6) is 1.17. The zero-order chi connectivity index (χ0) is 20.1. The largest absolute Gasteiger partial charge is 0.367 e. The Hall–Kier alpha value is -2.73. The molecule has 5 nitrogen and oxygen atoms in total. The highest BCUT2D eigenvalue weighted by Crippen LogP contribution is 2.31. The van der Waals surface area contributed by atoms with Gasteiger partial charge in [-0.05, 0) is 48.2 Å². The molecule has 0 atom stereocenters. The molecule has 150 valence electrons. The summed E-state index contributed by atoms with van der Waals surface area (Å²) in [6.45, 7) is 0.430. The predicted octanol–water partition coefficient (Wildman–Crippen LogP) is 5.69. The highest BCUT2D eigenvalue weighted by molar-refractivity contribution is 6.33. The van der Waals surface area contributed by atoms with Crippen LogP contribution in [0, 0.1) is 5.82 Å². The summed E-state index contributed by atoms with van der Waals surface area (Å²) < 4.78 is 13.3. The lowest BCUT2D eigenvalue weighted by Crippen LogP contribution is -2.22. The smallest absolute Gasteiger partial charge is 0.141 e. The van der Waals surface area contributed by atoms with Crippen LogP contribution in [-0.4, -0.2) is 21.0 Å². The summed E-state index contributed by atoms with van der Waals surface area (Å²) in [6, 6.07) is 7.76. The molecule has 4 rings (SSSR count). The van der Waals surface area contributed by atoms with Gasteiger partial charge in [0.05, 0.1) is 11.2 Å². The first-order valence-corrected chi connectivity index (χ1v) is 10.3. The Morgan fingerprint density at radius 3 is 2.69 bits per heavy atom. The monoisotopic (exact) mass is 411 g/mol. The van der Waals surface area contributed by atoms with E-state index in [0.29, 0.717) is 23.4 Å². The molecule has 2 N–H and O–H groups in total. The average Bonchev–Trinajstić information content (AvgIpc) is 2.75. The third-order valence-electron chi connectivity index (χ3n) is 5.12. The summed E-state index contributed by atoms with van der Waals surface area (Å²) in [5, 5.41) is 7.34. The van der Waals surface area contributed by atoms with Crippen molar-refractivity contribution in [2.24, 2.45) is 0 Å². The van der Waals surface area contributed by atoms with Crippen LogP contribution in [0.3, 0.4) is 0 Å². The van der Waals surface area contributed by atoms with Gasteiger partial charge in [0.2, 0.25) is 0 Å². The highest BCUT2D eigenvalue weighted by Gasteiger charge is 2.15. The SMILES string of the molecule is Fc1cncc(CNc2cc(-c3cc(NC4CCCCC4)ncc3Cl)ccn2)c1. The molecule has 0 amide bonds. The minimum atomic E-state index is -0.354. The van der Waals surface area contributed by atoms with Gasteiger partial charge in [-0.25, -0.2) is 14.4 Å². The third kappa shape index (κ3) is 5.21. The van der Waals surface area contributed by atoms with Crippen LogP contribution in [0.1, 0.15) is 37.7 Å². The lowest BCUT2D eigenvalue weighted by Gasteiger charge is -2.23. The molecular weight excluding hydrogens is 389 g/mol. The maximum atomic E-state index is 13.3. The first-order chi connectivity index (χ1) is 14.2. The molecule has 3 aromatic rings. The molecule has 7 heteroatoms. The number of pyridine rings is 3. The molecule has 0 bridgehead atoms. The molecular formula is C22H23ClFN5. The molecule has 0 spiro atoms. The molecule has 3 heterocycles. The van der Waals surface area contributed by atoms with E-state index in [0.717, 1.165) is 22.5 Å². The summed E-state index contributed by atoms with van der Waals surface area (Å²) >= 11 is 6.44. The highest BCUT2D eigenvalue weighted by atomic mass is 35.5. The maximum Gasteiger partial charge on any atom is 0.141 e. The van der Waals surface area contributed by atoms with Gasteiger partial charge < -0.3 is 10.6 Å². The molecule has 0 saturated heterocycles. The quantitative estimate of drug-likeness (QED) is 0.545. The minimum Gasteiger partial charge on any atom is -0.367 e. The van der Waals surface area contributed by atoms with E-state index in [1.807, 2.05) is 18.2 Å². The molecule has 1 aliphatic carbocycles. The summed E-state index contributed by atoms with van der Waals surface area (Å²) in [5.41, 5.74) is 2.59. The molecule has 3 aromatic heterocycles. The van der Waals surface area contributed by atoms with Crippen LogP contribution in [-0.2, 0) is 6.54 Å². The van der Waals surface area contributed by atoms with Gasteiger partial charge in [-0.15, -0.1) is 0 Å². The zero-order valence-corrected chi connectivity index (χ0v) is 16.8. The van der Waals surface area contributed by atoms with E-state index in [9.17, 15) is 4.39 Å². The number of hydrogen-bond donors (Lipinski definition) is 2. The summed E-state index contributed by atoms with van der Waals surface area (Å²) in [4.78, 5) is 12.7. The van der Waals surface area contributed by atoms with Crippen molar-refractivity contribution >= 4 is 23.2 Å². The van der Waals surface area contributed by atoms with Crippen LogP contribution in [0.2, 0.25) is 5.02 Å². The van der Waals surface area contributed by atoms with E-state index in [1.165, 1.54) is 44.4 Å². The Kier molecular flexibility index (Phi) is 6.20. The van der Waals surface area contributed by atoms with Gasteiger partial charge in [0.1, 0.15) is 17.5 Å². The fourth-order valence-electron chi connectivity index (χ4n) is 3.63. The van der Waals surface area contributed by atoms with Crippen molar-refractivity contribution in [3.05, 3.63) is 65.5 Å². The van der Waals surface area contributed by atoms with Crippen LogP contribution in [0.15, 0.2) is 49.1 Å². The van der Waals surface area contributed by atoms with Crippen molar-refractivity contribution in [2.75, 3.05) is 10.6 Å². The lowest BCUT2D eigenvalue weighted by atomic mass is 9.95. The summed E-state index contributed by atoms with van der Waals surface area (Å²) in [7, 11) is 0. The number of hydrogen-bond acceptors (Lipinski definition) is 5. The van der Waals surface area contributed by atoms with Crippen molar-refractivity contribution < 1.29 is 4.39 Å². The molecule has 0 unspecified atom stereocenters. The molecule has 0 aromatic carbocycles. The standard InChI is InChI=1S/C22H23ClFN5/c23-20-14-28-22(29-18-4-2-1-3-5-18)10-19(20)16-6-7-26-21(9-16)27-12-15-8-17(24)13-25-11-15/h6-11,13-14,18H,1-5,12H2,(H,26,27)(H,28,29). The number of nitrogens with zero attached hydrogens (tertiary/aromatic N) is 3. The predicted molar refractivity (Wildman–Crippen MR) is 114 cm³/mol. The first-order valence-electron chi connectivity index (χ1n) is 9.89. The van der Waals surface area contributed by atoms with E-state index < -0.39 is 0 Å². The van der Waals surface area contributed by atoms with Crippen molar-refractivity contribution in [3.8, 4) is 11.1 Å². The average molecular weight is 412 g/mol. The second kappa shape index (κ2) is 9.18. The number of halogens is 2. The Morgan fingerprint density at radius 2 is 1.86 bits per heavy atom. The van der Waals surface area contributed by atoms with E-state index in [4.69, 9.17) is 11.6 Å². The van der Waals surface area contributed by atoms with Gasteiger partial charge >= 0.3 is 0 Å². The van der Waals surface area contributed by atoms with Gasteiger partial charge in [0.15, 0.2) is 0 Å². The zero-order valence-electron chi connectivity index (χ0n) is 16.0. The molecule has 1 aliphatic rings. The van der Waals surface area contributed by atoms with Crippen LogP contribution in [0.25, 0.3) is 11.1 Å². The number of nitrogens with one attached hydrogen (secondary N) is 2. The van der Waals surface area contributed by atoms with Crippen molar-refractivity contribution in [1.29, 1.82) is 0 Å². The molecule has 1 fully saturated rings. The van der Waals surface area contributed by atoms with Gasteiger partial charge in [0.25, 0.3) is 0 Å². The maximum absolute atomic E-state index is 13.3. The Labute approximate surface area is 174 Å². The second-order valence-electron chi connectivity index (χ2n) is 7.32. The normalized spacial score (nSPS) is 14.6. The Morgan fingerprint density at radius 1 is 1.00 bits per heavy atom. The molecule has 0 aliphatic heterocycles. The van der Waals surface area contributed by atoms with Gasteiger partial charge in [-0.1, -0.05) is 30.9 Å². The van der Waals surface area contributed by atoms with Crippen LogP contribution >= 0.6 is 11.6 Å². The summed E-state index contributed by atoms with van der Waals surface area (Å²) in [6.07, 6.45) is 12.4. The Bertz CT molecular complexity index is 975. The number of anilines is 2. The van der Waals surface area contributed by atoms with E-state index >= 15 is 0 Å². The van der Waals surface area contributed by atoms with Crippen molar-refractivity contribution in [3.63, 3.8) is 0 Å².